The number of aliphatic carboxylic acids is 1. The lowest BCUT2D eigenvalue weighted by atomic mass is 9.81. The Balaban J connectivity index is 2.03. The predicted octanol–water partition coefficient (Wildman–Crippen LogP) is 2.93. The minimum Gasteiger partial charge on any atom is -0.481 e. The number of nitrogens with zero attached hydrogens (tertiary/aromatic N) is 1. The van der Waals surface area contributed by atoms with Crippen LogP contribution in [0.5, 0.6) is 0 Å². The maximum absolute atomic E-state index is 12.8. The third-order valence-corrected chi connectivity index (χ3v) is 3.80. The van der Waals surface area contributed by atoms with Gasteiger partial charge in [0.2, 0.25) is 5.91 Å². The zero-order valence-electron chi connectivity index (χ0n) is 11.6. The maximum Gasteiger partial charge on any atom is 0.419 e. The van der Waals surface area contributed by atoms with Crippen molar-refractivity contribution in [2.45, 2.75) is 31.9 Å². The molecule has 1 fully saturated rings. The van der Waals surface area contributed by atoms with Gasteiger partial charge in [-0.2, -0.15) is 13.2 Å². The number of alkyl halides is 3. The van der Waals surface area contributed by atoms with Crippen LogP contribution in [0.4, 0.5) is 19.0 Å². The van der Waals surface area contributed by atoms with Crippen LogP contribution in [0.25, 0.3) is 0 Å². The Morgan fingerprint density at radius 3 is 2.32 bits per heavy atom. The molecule has 0 atom stereocenters. The normalized spacial score (nSPS) is 22.1. The van der Waals surface area contributed by atoms with Gasteiger partial charge in [0.1, 0.15) is 5.82 Å². The van der Waals surface area contributed by atoms with Crippen molar-refractivity contribution in [2.24, 2.45) is 11.8 Å². The molecule has 0 unspecified atom stereocenters. The quantitative estimate of drug-likeness (QED) is 0.898. The molecule has 1 heterocycles. The number of amides is 1. The summed E-state index contributed by atoms with van der Waals surface area (Å²) in [5.41, 5.74) is -0.998. The Hall–Kier alpha value is -2.12. The smallest absolute Gasteiger partial charge is 0.419 e. The molecule has 120 valence electrons. The Morgan fingerprint density at radius 1 is 1.18 bits per heavy atom. The topological polar surface area (TPSA) is 79.3 Å². The van der Waals surface area contributed by atoms with Gasteiger partial charge < -0.3 is 10.4 Å². The molecule has 0 aliphatic heterocycles. The highest BCUT2D eigenvalue weighted by atomic mass is 19.4. The number of anilines is 1. The van der Waals surface area contributed by atoms with Crippen molar-refractivity contribution in [3.63, 3.8) is 0 Å². The lowest BCUT2D eigenvalue weighted by Crippen LogP contribution is -2.30. The van der Waals surface area contributed by atoms with Gasteiger partial charge in [0.15, 0.2) is 0 Å². The fourth-order valence-corrected chi connectivity index (χ4v) is 2.55. The van der Waals surface area contributed by atoms with Crippen LogP contribution in [0.3, 0.4) is 0 Å². The van der Waals surface area contributed by atoms with Gasteiger partial charge >= 0.3 is 12.1 Å². The first kappa shape index (κ1) is 16.3. The highest BCUT2D eigenvalue weighted by Gasteiger charge is 2.36. The monoisotopic (exact) mass is 316 g/mol. The molecule has 0 bridgehead atoms. The highest BCUT2D eigenvalue weighted by Crippen LogP contribution is 2.34. The summed E-state index contributed by atoms with van der Waals surface area (Å²) in [7, 11) is 0. The molecule has 1 aromatic heterocycles. The Bertz CT molecular complexity index is 567. The standard InChI is InChI=1S/C14H15F3N2O3/c15-14(16,17)10-2-1-7-18-11(10)19-12(20)8-3-5-9(6-4-8)13(21)22/h1-2,7-9H,3-6H2,(H,21,22)(H,18,19,20). The number of carboxylic acids is 1. The molecule has 5 nitrogen and oxygen atoms in total. The zero-order chi connectivity index (χ0) is 16.3. The average Bonchev–Trinajstić information content (AvgIpc) is 2.46. The summed E-state index contributed by atoms with van der Waals surface area (Å²) in [6, 6.07) is 2.00. The number of carbonyl (C=O) groups is 2. The van der Waals surface area contributed by atoms with E-state index in [9.17, 15) is 22.8 Å². The Morgan fingerprint density at radius 2 is 1.77 bits per heavy atom. The lowest BCUT2D eigenvalue weighted by molar-refractivity contribution is -0.144. The molecule has 0 saturated heterocycles. The summed E-state index contributed by atoms with van der Waals surface area (Å²) >= 11 is 0. The predicted molar refractivity (Wildman–Crippen MR) is 71.0 cm³/mol. The third kappa shape index (κ3) is 3.75. The number of hydrogen-bond acceptors (Lipinski definition) is 3. The SMILES string of the molecule is O=C(O)C1CCC(C(=O)Nc2ncccc2C(F)(F)F)CC1. The first-order valence-electron chi connectivity index (χ1n) is 6.85. The zero-order valence-corrected chi connectivity index (χ0v) is 11.6. The van der Waals surface area contributed by atoms with Crippen molar-refractivity contribution in [1.29, 1.82) is 0 Å². The summed E-state index contributed by atoms with van der Waals surface area (Å²) in [6.45, 7) is 0. The van der Waals surface area contributed by atoms with Crippen LogP contribution >= 0.6 is 0 Å². The molecule has 0 radical (unpaired) electrons. The molecular weight excluding hydrogens is 301 g/mol. The van der Waals surface area contributed by atoms with Crippen molar-refractivity contribution in [3.05, 3.63) is 23.9 Å². The summed E-state index contributed by atoms with van der Waals surface area (Å²) in [5, 5.41) is 11.1. The average molecular weight is 316 g/mol. The van der Waals surface area contributed by atoms with Crippen molar-refractivity contribution < 1.29 is 27.9 Å². The summed E-state index contributed by atoms with van der Waals surface area (Å²) in [6.07, 6.45) is -2.04. The van der Waals surface area contributed by atoms with E-state index in [0.717, 1.165) is 12.1 Å². The number of carbonyl (C=O) groups excluding carboxylic acids is 1. The number of rotatable bonds is 3. The number of nitrogens with one attached hydrogen (secondary N) is 1. The van der Waals surface area contributed by atoms with E-state index < -0.39 is 41.3 Å². The van der Waals surface area contributed by atoms with Gasteiger partial charge in [-0.3, -0.25) is 9.59 Å². The molecule has 0 aromatic carbocycles. The third-order valence-electron chi connectivity index (χ3n) is 3.80. The largest absolute Gasteiger partial charge is 0.481 e. The van der Waals surface area contributed by atoms with Crippen molar-refractivity contribution in [3.8, 4) is 0 Å². The molecule has 1 saturated carbocycles. The van der Waals surface area contributed by atoms with E-state index in [2.05, 4.69) is 10.3 Å². The summed E-state index contributed by atoms with van der Waals surface area (Å²) in [5.74, 6) is -2.93. The van der Waals surface area contributed by atoms with Gasteiger partial charge in [-0.1, -0.05) is 0 Å². The van der Waals surface area contributed by atoms with E-state index in [1.54, 1.807) is 0 Å². The minimum absolute atomic E-state index is 0.344. The van der Waals surface area contributed by atoms with Crippen molar-refractivity contribution in [1.82, 2.24) is 4.98 Å². The van der Waals surface area contributed by atoms with Gasteiger partial charge in [0, 0.05) is 12.1 Å². The molecule has 22 heavy (non-hydrogen) atoms. The van der Waals surface area contributed by atoms with E-state index in [-0.39, 0.29) is 0 Å². The number of carboxylic acid groups (broad SMARTS) is 1. The van der Waals surface area contributed by atoms with E-state index in [0.29, 0.717) is 25.7 Å². The molecule has 0 spiro atoms. The van der Waals surface area contributed by atoms with Crippen LogP contribution in [-0.2, 0) is 15.8 Å². The fourth-order valence-electron chi connectivity index (χ4n) is 2.55. The fraction of sp³-hybridized carbons (Fsp3) is 0.500. The summed E-state index contributed by atoms with van der Waals surface area (Å²) in [4.78, 5) is 26.5. The van der Waals surface area contributed by atoms with Crippen molar-refractivity contribution in [2.75, 3.05) is 5.32 Å². The summed E-state index contributed by atoms with van der Waals surface area (Å²) < 4.78 is 38.5. The van der Waals surface area contributed by atoms with Crippen LogP contribution in [0.15, 0.2) is 18.3 Å². The molecule has 1 aliphatic rings. The van der Waals surface area contributed by atoms with Gasteiger partial charge in [-0.15, -0.1) is 0 Å². The van der Waals surface area contributed by atoms with Gasteiger partial charge in [0.25, 0.3) is 0 Å². The van der Waals surface area contributed by atoms with Gasteiger partial charge in [-0.05, 0) is 37.8 Å². The maximum atomic E-state index is 12.8. The molecular formula is C14H15F3N2O3. The number of pyridine rings is 1. The lowest BCUT2D eigenvalue weighted by Gasteiger charge is -2.25. The highest BCUT2D eigenvalue weighted by molar-refractivity contribution is 5.92. The Labute approximate surface area is 124 Å². The van der Waals surface area contributed by atoms with Crippen LogP contribution in [0.2, 0.25) is 0 Å². The second kappa shape index (κ2) is 6.33. The van der Waals surface area contributed by atoms with E-state index in [4.69, 9.17) is 5.11 Å². The minimum atomic E-state index is -4.60. The molecule has 2 rings (SSSR count). The molecule has 1 amide bonds. The number of hydrogen-bond donors (Lipinski definition) is 2. The van der Waals surface area contributed by atoms with Gasteiger partial charge in [-0.25, -0.2) is 4.98 Å². The molecule has 2 N–H and O–H groups in total. The van der Waals surface area contributed by atoms with Crippen LogP contribution in [0, 0.1) is 11.8 Å². The molecule has 1 aliphatic carbocycles. The van der Waals surface area contributed by atoms with E-state index >= 15 is 0 Å². The van der Waals surface area contributed by atoms with Crippen LogP contribution in [-0.4, -0.2) is 22.0 Å². The van der Waals surface area contributed by atoms with Crippen molar-refractivity contribution >= 4 is 17.7 Å². The first-order valence-corrected chi connectivity index (χ1v) is 6.85. The first-order chi connectivity index (χ1) is 10.3. The number of halogens is 3. The number of aromatic nitrogens is 1. The van der Waals surface area contributed by atoms with E-state index in [1.165, 1.54) is 6.20 Å². The Kier molecular flexibility index (Phi) is 4.68. The van der Waals surface area contributed by atoms with Gasteiger partial charge in [0.05, 0.1) is 11.5 Å². The molecule has 8 heteroatoms. The molecule has 1 aromatic rings. The second-order valence-corrected chi connectivity index (χ2v) is 5.27. The van der Waals surface area contributed by atoms with E-state index in [1.807, 2.05) is 0 Å². The second-order valence-electron chi connectivity index (χ2n) is 5.27. The van der Waals surface area contributed by atoms with Crippen LogP contribution < -0.4 is 5.32 Å². The van der Waals surface area contributed by atoms with Crippen LogP contribution in [0.1, 0.15) is 31.2 Å².